The number of carbonyl (C=O) groups excluding carboxylic acids is 1. The van der Waals surface area contributed by atoms with Crippen molar-refractivity contribution in [1.82, 2.24) is 5.32 Å². The van der Waals surface area contributed by atoms with Gasteiger partial charge in [0.1, 0.15) is 0 Å². The topological polar surface area (TPSA) is 66.0 Å². The molecule has 29 heavy (non-hydrogen) atoms. The van der Waals surface area contributed by atoms with Gasteiger partial charge in [-0.25, -0.2) is 0 Å². The van der Waals surface area contributed by atoms with Gasteiger partial charge in [-0.15, -0.1) is 0 Å². The van der Waals surface area contributed by atoms with Gasteiger partial charge in [-0.2, -0.15) is 0 Å². The van der Waals surface area contributed by atoms with Gasteiger partial charge in [0.05, 0.1) is 20.8 Å². The van der Waals surface area contributed by atoms with Crippen molar-refractivity contribution in [3.8, 4) is 23.0 Å². The lowest BCUT2D eigenvalue weighted by molar-refractivity contribution is -0.127. The minimum absolute atomic E-state index is 0.216. The Balaban J connectivity index is 1.91. The molecule has 0 spiro atoms. The molecule has 0 heterocycles. The number of hydrogen-bond donors (Lipinski definition) is 1. The summed E-state index contributed by atoms with van der Waals surface area (Å²) in [5.41, 5.74) is 0.913. The number of para-hydroxylation sites is 2. The maximum atomic E-state index is 12.4. The van der Waals surface area contributed by atoms with Crippen LogP contribution in [-0.2, 0) is 11.3 Å². The van der Waals surface area contributed by atoms with Crippen molar-refractivity contribution in [2.24, 2.45) is 5.92 Å². The standard InChI is InChI=1S/C23H31NO5/c1-16(2)12-13-28-20-11-10-18(14-22(20)27-5)15-24-23(25)17(3)29-21-9-7-6-8-19(21)26-4/h6-11,14,16-17H,12-13,15H2,1-5H3,(H,24,25). The fourth-order valence-corrected chi connectivity index (χ4v) is 2.64. The summed E-state index contributed by atoms with van der Waals surface area (Å²) < 4.78 is 22.2. The smallest absolute Gasteiger partial charge is 0.261 e. The predicted molar refractivity (Wildman–Crippen MR) is 113 cm³/mol. The average Bonchev–Trinajstić information content (AvgIpc) is 2.72. The van der Waals surface area contributed by atoms with Gasteiger partial charge in [0.25, 0.3) is 5.91 Å². The van der Waals surface area contributed by atoms with E-state index in [1.54, 1.807) is 33.3 Å². The molecule has 6 heteroatoms. The van der Waals surface area contributed by atoms with Crippen LogP contribution in [0, 0.1) is 5.92 Å². The Morgan fingerprint density at radius 2 is 1.62 bits per heavy atom. The van der Waals surface area contributed by atoms with Crippen LogP contribution in [0.15, 0.2) is 42.5 Å². The predicted octanol–water partition coefficient (Wildman–Crippen LogP) is 4.21. The van der Waals surface area contributed by atoms with Crippen molar-refractivity contribution < 1.29 is 23.7 Å². The van der Waals surface area contributed by atoms with Gasteiger partial charge >= 0.3 is 0 Å². The highest BCUT2D eigenvalue weighted by molar-refractivity contribution is 5.80. The lowest BCUT2D eigenvalue weighted by atomic mass is 10.1. The normalized spacial score (nSPS) is 11.7. The molecular formula is C23H31NO5. The van der Waals surface area contributed by atoms with Crippen LogP contribution in [0.2, 0.25) is 0 Å². The molecule has 1 N–H and O–H groups in total. The first-order valence-corrected chi connectivity index (χ1v) is 9.81. The molecule has 1 atom stereocenters. The average molecular weight is 402 g/mol. The molecule has 0 aliphatic rings. The third-order valence-electron chi connectivity index (χ3n) is 4.39. The highest BCUT2D eigenvalue weighted by Crippen LogP contribution is 2.29. The van der Waals surface area contributed by atoms with Gasteiger partial charge in [0.2, 0.25) is 0 Å². The van der Waals surface area contributed by atoms with Gasteiger partial charge in [-0.3, -0.25) is 4.79 Å². The lowest BCUT2D eigenvalue weighted by Crippen LogP contribution is -2.35. The Labute approximate surface area is 173 Å². The zero-order valence-electron chi connectivity index (χ0n) is 17.9. The Morgan fingerprint density at radius 3 is 2.28 bits per heavy atom. The van der Waals surface area contributed by atoms with E-state index < -0.39 is 6.10 Å². The van der Waals surface area contributed by atoms with Crippen LogP contribution in [0.4, 0.5) is 0 Å². The fraction of sp³-hybridized carbons (Fsp3) is 0.435. The maximum absolute atomic E-state index is 12.4. The highest BCUT2D eigenvalue weighted by Gasteiger charge is 2.16. The van der Waals surface area contributed by atoms with Crippen LogP contribution >= 0.6 is 0 Å². The molecule has 0 radical (unpaired) electrons. The van der Waals surface area contributed by atoms with E-state index in [2.05, 4.69) is 19.2 Å². The molecule has 0 aliphatic heterocycles. The molecule has 0 fully saturated rings. The van der Waals surface area contributed by atoms with E-state index in [9.17, 15) is 4.79 Å². The highest BCUT2D eigenvalue weighted by atomic mass is 16.5. The molecule has 6 nitrogen and oxygen atoms in total. The summed E-state index contributed by atoms with van der Waals surface area (Å²) in [6, 6.07) is 12.9. The van der Waals surface area contributed by atoms with Crippen molar-refractivity contribution in [1.29, 1.82) is 0 Å². The lowest BCUT2D eigenvalue weighted by Gasteiger charge is -2.17. The fourth-order valence-electron chi connectivity index (χ4n) is 2.64. The first kappa shape index (κ1) is 22.4. The summed E-state index contributed by atoms with van der Waals surface area (Å²) in [6.45, 7) is 7.02. The molecule has 0 aromatic heterocycles. The minimum atomic E-state index is -0.660. The second-order valence-electron chi connectivity index (χ2n) is 7.14. The Morgan fingerprint density at radius 1 is 0.931 bits per heavy atom. The molecule has 2 aromatic rings. The second kappa shape index (κ2) is 11.2. The van der Waals surface area contributed by atoms with Gasteiger partial charge < -0.3 is 24.3 Å². The molecule has 0 aliphatic carbocycles. The number of benzene rings is 2. The molecule has 158 valence electrons. The van der Waals surface area contributed by atoms with E-state index in [-0.39, 0.29) is 5.91 Å². The largest absolute Gasteiger partial charge is 0.493 e. The van der Waals surface area contributed by atoms with E-state index in [0.29, 0.717) is 42.1 Å². The first-order chi connectivity index (χ1) is 13.9. The quantitative estimate of drug-likeness (QED) is 0.611. The van der Waals surface area contributed by atoms with Crippen LogP contribution in [0.3, 0.4) is 0 Å². The van der Waals surface area contributed by atoms with E-state index in [0.717, 1.165) is 12.0 Å². The third-order valence-corrected chi connectivity index (χ3v) is 4.39. The summed E-state index contributed by atoms with van der Waals surface area (Å²) in [6.07, 6.45) is 0.317. The van der Waals surface area contributed by atoms with Crippen LogP contribution < -0.4 is 24.3 Å². The van der Waals surface area contributed by atoms with E-state index in [4.69, 9.17) is 18.9 Å². The van der Waals surface area contributed by atoms with Crippen molar-refractivity contribution in [2.45, 2.75) is 39.8 Å². The molecule has 0 saturated heterocycles. The van der Waals surface area contributed by atoms with E-state index in [1.807, 2.05) is 30.3 Å². The summed E-state index contributed by atoms with van der Waals surface area (Å²) >= 11 is 0. The molecule has 2 rings (SSSR count). The number of rotatable bonds is 11. The van der Waals surface area contributed by atoms with E-state index >= 15 is 0 Å². The zero-order valence-corrected chi connectivity index (χ0v) is 17.9. The monoisotopic (exact) mass is 401 g/mol. The van der Waals surface area contributed by atoms with Crippen LogP contribution in [0.1, 0.15) is 32.8 Å². The maximum Gasteiger partial charge on any atom is 0.261 e. The SMILES string of the molecule is COc1cc(CNC(=O)C(C)Oc2ccccc2OC)ccc1OCCC(C)C. The van der Waals surface area contributed by atoms with Crippen molar-refractivity contribution in [3.63, 3.8) is 0 Å². The van der Waals surface area contributed by atoms with Crippen molar-refractivity contribution >= 4 is 5.91 Å². The zero-order chi connectivity index (χ0) is 21.2. The molecule has 1 unspecified atom stereocenters. The Bertz CT molecular complexity index is 791. The Hall–Kier alpha value is -2.89. The Kier molecular flexibility index (Phi) is 8.65. The summed E-state index contributed by atoms with van der Waals surface area (Å²) in [7, 11) is 3.17. The number of methoxy groups -OCH3 is 2. The number of hydrogen-bond acceptors (Lipinski definition) is 5. The van der Waals surface area contributed by atoms with Crippen LogP contribution in [0.5, 0.6) is 23.0 Å². The van der Waals surface area contributed by atoms with Gasteiger partial charge in [0, 0.05) is 6.54 Å². The molecule has 0 bridgehead atoms. The van der Waals surface area contributed by atoms with E-state index in [1.165, 1.54) is 0 Å². The number of amides is 1. The summed E-state index contributed by atoms with van der Waals surface area (Å²) in [4.78, 5) is 12.4. The van der Waals surface area contributed by atoms with Crippen molar-refractivity contribution in [2.75, 3.05) is 20.8 Å². The van der Waals surface area contributed by atoms with Gasteiger partial charge in [-0.05, 0) is 49.1 Å². The molecule has 1 amide bonds. The second-order valence-corrected chi connectivity index (χ2v) is 7.14. The van der Waals surface area contributed by atoms with Gasteiger partial charge in [0.15, 0.2) is 29.1 Å². The van der Waals surface area contributed by atoms with Crippen molar-refractivity contribution in [3.05, 3.63) is 48.0 Å². The number of nitrogens with one attached hydrogen (secondary N) is 1. The summed E-state index contributed by atoms with van der Waals surface area (Å²) in [5.74, 6) is 2.84. The summed E-state index contributed by atoms with van der Waals surface area (Å²) in [5, 5.41) is 2.88. The first-order valence-electron chi connectivity index (χ1n) is 9.81. The van der Waals surface area contributed by atoms with Crippen LogP contribution in [-0.4, -0.2) is 32.8 Å². The molecule has 0 saturated carbocycles. The minimum Gasteiger partial charge on any atom is -0.493 e. The third kappa shape index (κ3) is 6.89. The number of ether oxygens (including phenoxy) is 4. The molecular weight excluding hydrogens is 370 g/mol. The van der Waals surface area contributed by atoms with Crippen LogP contribution in [0.25, 0.3) is 0 Å². The van der Waals surface area contributed by atoms with Gasteiger partial charge in [-0.1, -0.05) is 32.0 Å². The number of carbonyl (C=O) groups is 1. The molecule has 2 aromatic carbocycles.